The van der Waals surface area contributed by atoms with Crippen LogP contribution in [0.1, 0.15) is 75.7 Å². The molecule has 4 saturated carbocycles. The summed E-state index contributed by atoms with van der Waals surface area (Å²) in [6, 6.07) is 9.69. The van der Waals surface area contributed by atoms with Crippen molar-refractivity contribution in [2.75, 3.05) is 23.8 Å². The monoisotopic (exact) mass is 548 g/mol. The van der Waals surface area contributed by atoms with Crippen LogP contribution in [0.4, 0.5) is 16.6 Å². The predicted octanol–water partition coefficient (Wildman–Crippen LogP) is 4.12. The molecule has 0 aliphatic heterocycles. The van der Waals surface area contributed by atoms with Crippen molar-refractivity contribution >= 4 is 17.9 Å². The molecule has 10 nitrogen and oxygen atoms in total. The number of amides is 1. The van der Waals surface area contributed by atoms with Crippen LogP contribution in [-0.4, -0.2) is 51.1 Å². The van der Waals surface area contributed by atoms with E-state index in [0.717, 1.165) is 37.7 Å². The van der Waals surface area contributed by atoms with Crippen LogP contribution in [0, 0.1) is 34.5 Å². The van der Waals surface area contributed by atoms with Gasteiger partial charge >= 0.3 is 6.09 Å². The average molecular weight is 549 g/mol. The van der Waals surface area contributed by atoms with Crippen molar-refractivity contribution < 1.29 is 19.7 Å². The van der Waals surface area contributed by atoms with Gasteiger partial charge in [-0.2, -0.15) is 10.2 Å². The molecule has 0 spiro atoms. The fourth-order valence-electron chi connectivity index (χ4n) is 7.34. The van der Waals surface area contributed by atoms with Crippen molar-refractivity contribution in [3.8, 4) is 6.07 Å². The van der Waals surface area contributed by atoms with Crippen LogP contribution in [0.3, 0.4) is 0 Å². The lowest BCUT2D eigenvalue weighted by Crippen LogP contribution is -2.60. The zero-order valence-corrected chi connectivity index (χ0v) is 23.5. The second-order valence-electron chi connectivity index (χ2n) is 12.8. The number of nitrogens with one attached hydrogen (secondary N) is 3. The van der Waals surface area contributed by atoms with Gasteiger partial charge in [0.25, 0.3) is 0 Å². The Bertz CT molecular complexity index is 1260. The third-order valence-electron chi connectivity index (χ3n) is 8.65. The molecular weight excluding hydrogens is 508 g/mol. The maximum absolute atomic E-state index is 12.5. The number of aromatic nitrogens is 2. The molecule has 2 aromatic rings. The first kappa shape index (κ1) is 28.1. The minimum atomic E-state index is -0.962. The van der Waals surface area contributed by atoms with Gasteiger partial charge in [-0.15, -0.1) is 0 Å². The normalized spacial score (nSPS) is 27.5. The largest absolute Gasteiger partial charge is 0.444 e. The summed E-state index contributed by atoms with van der Waals surface area (Å²) in [4.78, 5) is 21.5. The molecule has 5 N–H and O–H groups in total. The molecule has 214 valence electrons. The van der Waals surface area contributed by atoms with Gasteiger partial charge in [0.15, 0.2) is 0 Å². The standard InChI is InChI=1S/C30H40N6O4/c1-29(2,3)40-28(39)35-25-20-8-18-9-21(25)12-30(10-18,11-20)17-34-26-22(13-31)15-33-27(36-26)32-14-19-6-4-5-7-23(19)24(38)16-37/h4-7,15,18,20-21,24-25,37-38H,8-12,14,16-17H2,1-3H3,(H,35,39)(H2,32,33,34,36)/t18?,20-,21+,24?,25?,30?. The van der Waals surface area contributed by atoms with Crippen LogP contribution in [-0.2, 0) is 11.3 Å². The van der Waals surface area contributed by atoms with Gasteiger partial charge < -0.3 is 30.9 Å². The average Bonchev–Trinajstić information content (AvgIpc) is 2.91. The van der Waals surface area contributed by atoms with Crippen molar-refractivity contribution in [3.05, 3.63) is 47.2 Å². The van der Waals surface area contributed by atoms with Crippen molar-refractivity contribution in [1.29, 1.82) is 5.26 Å². The SMILES string of the molecule is CC(C)(C)OC(=O)NC1[C@@H]2CC3C[C@H]1CC(CNc1nc(NCc4ccccc4C(O)CO)ncc1C#N)(C3)C2. The molecule has 1 aromatic carbocycles. The van der Waals surface area contributed by atoms with Gasteiger partial charge in [-0.05, 0) is 87.2 Å². The molecular formula is C30H40N6O4. The quantitative estimate of drug-likeness (QED) is 0.311. The highest BCUT2D eigenvalue weighted by atomic mass is 16.6. The van der Waals surface area contributed by atoms with Gasteiger partial charge in [0.1, 0.15) is 29.2 Å². The van der Waals surface area contributed by atoms with Gasteiger partial charge in [-0.25, -0.2) is 9.78 Å². The maximum Gasteiger partial charge on any atom is 0.407 e. The van der Waals surface area contributed by atoms with Crippen molar-refractivity contribution in [3.63, 3.8) is 0 Å². The van der Waals surface area contributed by atoms with Crippen LogP contribution in [0.25, 0.3) is 0 Å². The van der Waals surface area contributed by atoms with Crippen molar-refractivity contribution in [1.82, 2.24) is 15.3 Å². The number of aliphatic hydroxyl groups excluding tert-OH is 2. The van der Waals surface area contributed by atoms with Crippen LogP contribution >= 0.6 is 0 Å². The van der Waals surface area contributed by atoms with Crippen LogP contribution in [0.15, 0.2) is 30.5 Å². The van der Waals surface area contributed by atoms with E-state index in [1.807, 2.05) is 39.0 Å². The molecule has 4 unspecified atom stereocenters. The third kappa shape index (κ3) is 6.16. The fraction of sp³-hybridized carbons (Fsp3) is 0.600. The van der Waals surface area contributed by atoms with Gasteiger partial charge in [-0.1, -0.05) is 24.3 Å². The molecule has 0 saturated heterocycles. The van der Waals surface area contributed by atoms with Gasteiger partial charge in [0.05, 0.1) is 12.8 Å². The van der Waals surface area contributed by atoms with Crippen LogP contribution in [0.2, 0.25) is 0 Å². The van der Waals surface area contributed by atoms with Crippen molar-refractivity contribution in [2.24, 2.45) is 23.2 Å². The highest BCUT2D eigenvalue weighted by molar-refractivity contribution is 5.68. The Labute approximate surface area is 235 Å². The zero-order chi connectivity index (χ0) is 28.5. The molecule has 1 aromatic heterocycles. The molecule has 6 rings (SSSR count). The summed E-state index contributed by atoms with van der Waals surface area (Å²) < 4.78 is 5.55. The topological polar surface area (TPSA) is 152 Å². The summed E-state index contributed by atoms with van der Waals surface area (Å²) in [6.07, 6.45) is 5.69. The van der Waals surface area contributed by atoms with E-state index in [2.05, 4.69) is 32.0 Å². The first-order valence-corrected chi connectivity index (χ1v) is 14.2. The Morgan fingerprint density at radius 2 is 1.93 bits per heavy atom. The molecule has 10 heteroatoms. The number of hydrogen-bond acceptors (Lipinski definition) is 9. The molecule has 1 heterocycles. The maximum atomic E-state index is 12.5. The Hall–Kier alpha value is -3.42. The Kier molecular flexibility index (Phi) is 7.89. The van der Waals surface area contributed by atoms with E-state index in [-0.39, 0.29) is 24.2 Å². The molecule has 0 radical (unpaired) electrons. The second-order valence-corrected chi connectivity index (χ2v) is 12.8. The Morgan fingerprint density at radius 3 is 2.60 bits per heavy atom. The summed E-state index contributed by atoms with van der Waals surface area (Å²) in [5.74, 6) is 2.38. The van der Waals surface area contributed by atoms with E-state index in [0.29, 0.717) is 53.7 Å². The number of aliphatic hydroxyl groups is 2. The van der Waals surface area contributed by atoms with E-state index in [1.54, 1.807) is 6.07 Å². The minimum absolute atomic E-state index is 0.104. The number of alkyl carbamates (subject to hydrolysis) is 1. The number of nitrogens with zero attached hydrogens (tertiary/aromatic N) is 3. The van der Waals surface area contributed by atoms with E-state index >= 15 is 0 Å². The predicted molar refractivity (Wildman–Crippen MR) is 150 cm³/mol. The summed E-state index contributed by atoms with van der Waals surface area (Å²) in [7, 11) is 0. The van der Waals surface area contributed by atoms with Crippen LogP contribution in [0.5, 0.6) is 0 Å². The molecule has 4 fully saturated rings. The summed E-state index contributed by atoms with van der Waals surface area (Å²) in [5.41, 5.74) is 1.44. The van der Waals surface area contributed by atoms with E-state index < -0.39 is 11.7 Å². The lowest BCUT2D eigenvalue weighted by atomic mass is 9.48. The summed E-state index contributed by atoms with van der Waals surface area (Å²) in [5, 5.41) is 39.1. The molecule has 40 heavy (non-hydrogen) atoms. The Balaban J connectivity index is 1.24. The fourth-order valence-corrected chi connectivity index (χ4v) is 7.34. The van der Waals surface area contributed by atoms with E-state index in [4.69, 9.17) is 4.74 Å². The van der Waals surface area contributed by atoms with Gasteiger partial charge in [-0.3, -0.25) is 0 Å². The minimum Gasteiger partial charge on any atom is -0.444 e. The highest BCUT2D eigenvalue weighted by Gasteiger charge is 2.55. The number of ether oxygens (including phenoxy) is 1. The second kappa shape index (κ2) is 11.2. The molecule has 1 amide bonds. The number of benzene rings is 1. The molecule has 6 atom stereocenters. The number of carbonyl (C=O) groups is 1. The summed E-state index contributed by atoms with van der Waals surface area (Å²) >= 11 is 0. The lowest BCUT2D eigenvalue weighted by Gasteiger charge is -2.60. The van der Waals surface area contributed by atoms with E-state index in [9.17, 15) is 20.3 Å². The number of anilines is 2. The van der Waals surface area contributed by atoms with Gasteiger partial charge in [0, 0.05) is 19.1 Å². The van der Waals surface area contributed by atoms with Crippen LogP contribution < -0.4 is 16.0 Å². The zero-order valence-electron chi connectivity index (χ0n) is 23.5. The first-order valence-electron chi connectivity index (χ1n) is 14.2. The first-order chi connectivity index (χ1) is 19.1. The highest BCUT2D eigenvalue weighted by Crippen LogP contribution is 2.60. The number of carbonyl (C=O) groups excluding carboxylic acids is 1. The number of nitriles is 1. The lowest BCUT2D eigenvalue weighted by molar-refractivity contribution is -0.0703. The van der Waals surface area contributed by atoms with Crippen molar-refractivity contribution in [2.45, 2.75) is 77.2 Å². The molecule has 4 bridgehead atoms. The van der Waals surface area contributed by atoms with Gasteiger partial charge in [0.2, 0.25) is 5.95 Å². The summed E-state index contributed by atoms with van der Waals surface area (Å²) in [6.45, 7) is 6.36. The number of hydrogen-bond donors (Lipinski definition) is 5. The molecule has 4 aliphatic rings. The number of rotatable bonds is 9. The smallest absolute Gasteiger partial charge is 0.407 e. The van der Waals surface area contributed by atoms with E-state index in [1.165, 1.54) is 6.20 Å². The third-order valence-corrected chi connectivity index (χ3v) is 8.65. The molecule has 4 aliphatic carbocycles. The Morgan fingerprint density at radius 1 is 1.20 bits per heavy atom.